The Bertz CT molecular complexity index is 712. The number of benzene rings is 2. The third kappa shape index (κ3) is 3.83. The summed E-state index contributed by atoms with van der Waals surface area (Å²) in [6, 6.07) is 14.0. The second kappa shape index (κ2) is 6.73. The summed E-state index contributed by atoms with van der Waals surface area (Å²) in [5.41, 5.74) is 3.28. The van der Waals surface area contributed by atoms with E-state index in [1.807, 2.05) is 30.3 Å². The van der Waals surface area contributed by atoms with Gasteiger partial charge in [0.15, 0.2) is 0 Å². The molecule has 4 nitrogen and oxygen atoms in total. The molecule has 0 aromatic heterocycles. The first-order valence-electron chi connectivity index (χ1n) is 7.80. The molecule has 0 spiro atoms. The fourth-order valence-corrected chi connectivity index (χ4v) is 2.99. The molecule has 3 rings (SSSR count). The first-order chi connectivity index (χ1) is 11.1. The van der Waals surface area contributed by atoms with Gasteiger partial charge in [-0.25, -0.2) is 0 Å². The molecular formula is C19H21NO3. The van der Waals surface area contributed by atoms with Crippen LogP contribution in [0, 0.1) is 5.92 Å². The number of rotatable bonds is 4. The van der Waals surface area contributed by atoms with Gasteiger partial charge in [-0.1, -0.05) is 18.2 Å². The SMILES string of the molecule is COc1ccc2c(c1)OC[C@H](Cc1cccc(NC(C)=O)c1)C2. The lowest BCUT2D eigenvalue weighted by Gasteiger charge is -2.26. The number of ether oxygens (including phenoxy) is 2. The highest BCUT2D eigenvalue weighted by Gasteiger charge is 2.20. The summed E-state index contributed by atoms with van der Waals surface area (Å²) in [7, 11) is 1.66. The predicted molar refractivity (Wildman–Crippen MR) is 90.1 cm³/mol. The number of fused-ring (bicyclic) bond motifs is 1. The van der Waals surface area contributed by atoms with Crippen molar-refractivity contribution in [1.29, 1.82) is 0 Å². The number of carbonyl (C=O) groups is 1. The van der Waals surface area contributed by atoms with Crippen molar-refractivity contribution in [3.63, 3.8) is 0 Å². The van der Waals surface area contributed by atoms with Gasteiger partial charge in [0.2, 0.25) is 5.91 Å². The standard InChI is InChI=1S/C19H21NO3/c1-13(21)20-17-5-3-4-14(10-17)8-15-9-16-6-7-18(22-2)11-19(16)23-12-15/h3-7,10-11,15H,8-9,12H2,1-2H3,(H,20,21)/t15-/m1/s1. The quantitative estimate of drug-likeness (QED) is 0.941. The lowest BCUT2D eigenvalue weighted by molar-refractivity contribution is -0.114. The number of anilines is 1. The van der Waals surface area contributed by atoms with Gasteiger partial charge in [0, 0.05) is 24.6 Å². The van der Waals surface area contributed by atoms with Crippen molar-refractivity contribution in [2.24, 2.45) is 5.92 Å². The molecule has 0 bridgehead atoms. The maximum atomic E-state index is 11.2. The summed E-state index contributed by atoms with van der Waals surface area (Å²) in [6.45, 7) is 2.22. The zero-order valence-electron chi connectivity index (χ0n) is 13.5. The minimum Gasteiger partial charge on any atom is -0.497 e. The summed E-state index contributed by atoms with van der Waals surface area (Å²) in [4.78, 5) is 11.2. The molecule has 2 aromatic rings. The van der Waals surface area contributed by atoms with Crippen molar-refractivity contribution in [3.8, 4) is 11.5 Å². The zero-order valence-corrected chi connectivity index (χ0v) is 13.5. The first kappa shape index (κ1) is 15.4. The Kier molecular flexibility index (Phi) is 4.51. The highest BCUT2D eigenvalue weighted by Crippen LogP contribution is 2.32. The number of carbonyl (C=O) groups excluding carboxylic acids is 1. The van der Waals surface area contributed by atoms with Crippen LogP contribution in [0.25, 0.3) is 0 Å². The summed E-state index contributed by atoms with van der Waals surface area (Å²) >= 11 is 0. The molecule has 1 heterocycles. The van der Waals surface area contributed by atoms with Crippen LogP contribution in [0.3, 0.4) is 0 Å². The molecule has 4 heteroatoms. The average molecular weight is 311 g/mol. The third-order valence-corrected chi connectivity index (χ3v) is 4.03. The van der Waals surface area contributed by atoms with Crippen molar-refractivity contribution >= 4 is 11.6 Å². The molecule has 0 saturated heterocycles. The number of nitrogens with one attached hydrogen (secondary N) is 1. The van der Waals surface area contributed by atoms with Gasteiger partial charge in [-0.2, -0.15) is 0 Å². The van der Waals surface area contributed by atoms with E-state index in [2.05, 4.69) is 17.4 Å². The molecule has 23 heavy (non-hydrogen) atoms. The number of hydrogen-bond acceptors (Lipinski definition) is 3. The Balaban J connectivity index is 1.68. The molecule has 1 aliphatic rings. The Morgan fingerprint density at radius 2 is 2.17 bits per heavy atom. The van der Waals surface area contributed by atoms with E-state index in [-0.39, 0.29) is 5.91 Å². The van der Waals surface area contributed by atoms with E-state index in [1.165, 1.54) is 18.1 Å². The molecular weight excluding hydrogens is 290 g/mol. The van der Waals surface area contributed by atoms with E-state index in [0.717, 1.165) is 30.0 Å². The van der Waals surface area contributed by atoms with Gasteiger partial charge < -0.3 is 14.8 Å². The van der Waals surface area contributed by atoms with Crippen LogP contribution in [-0.4, -0.2) is 19.6 Å². The van der Waals surface area contributed by atoms with Gasteiger partial charge in [0.1, 0.15) is 11.5 Å². The molecule has 0 saturated carbocycles. The predicted octanol–water partition coefficient (Wildman–Crippen LogP) is 3.45. The van der Waals surface area contributed by atoms with Crippen LogP contribution in [0.15, 0.2) is 42.5 Å². The van der Waals surface area contributed by atoms with Gasteiger partial charge in [0.05, 0.1) is 13.7 Å². The normalized spacial score (nSPS) is 16.2. The Morgan fingerprint density at radius 3 is 2.96 bits per heavy atom. The third-order valence-electron chi connectivity index (χ3n) is 4.03. The van der Waals surface area contributed by atoms with Crippen LogP contribution in [-0.2, 0) is 17.6 Å². The molecule has 0 aliphatic carbocycles. The summed E-state index contributed by atoms with van der Waals surface area (Å²) in [5.74, 6) is 2.13. The zero-order chi connectivity index (χ0) is 16.2. The van der Waals surface area contributed by atoms with Crippen molar-refractivity contribution in [2.75, 3.05) is 19.0 Å². The van der Waals surface area contributed by atoms with Crippen molar-refractivity contribution in [2.45, 2.75) is 19.8 Å². The van der Waals surface area contributed by atoms with Gasteiger partial charge in [-0.15, -0.1) is 0 Å². The van der Waals surface area contributed by atoms with Crippen molar-refractivity contribution < 1.29 is 14.3 Å². The van der Waals surface area contributed by atoms with Crippen molar-refractivity contribution in [1.82, 2.24) is 0 Å². The molecule has 1 amide bonds. The fraction of sp³-hybridized carbons (Fsp3) is 0.316. The summed E-state index contributed by atoms with van der Waals surface area (Å²) in [5, 5.41) is 2.83. The van der Waals surface area contributed by atoms with E-state index in [1.54, 1.807) is 7.11 Å². The Hall–Kier alpha value is -2.49. The highest BCUT2D eigenvalue weighted by molar-refractivity contribution is 5.88. The van der Waals surface area contributed by atoms with Crippen molar-refractivity contribution in [3.05, 3.63) is 53.6 Å². The van der Waals surface area contributed by atoms with Crippen LogP contribution in [0.5, 0.6) is 11.5 Å². The van der Waals surface area contributed by atoms with E-state index in [4.69, 9.17) is 9.47 Å². The maximum Gasteiger partial charge on any atom is 0.221 e. The maximum absolute atomic E-state index is 11.2. The topological polar surface area (TPSA) is 47.6 Å². The highest BCUT2D eigenvalue weighted by atomic mass is 16.5. The number of amides is 1. The minimum atomic E-state index is -0.0500. The number of methoxy groups -OCH3 is 1. The van der Waals surface area contributed by atoms with E-state index in [9.17, 15) is 4.79 Å². The Labute approximate surface area is 136 Å². The van der Waals surface area contributed by atoms with E-state index < -0.39 is 0 Å². The van der Waals surface area contributed by atoms with E-state index in [0.29, 0.717) is 12.5 Å². The molecule has 0 fully saturated rings. The van der Waals surface area contributed by atoms with Gasteiger partial charge in [-0.05, 0) is 42.2 Å². The lowest BCUT2D eigenvalue weighted by Crippen LogP contribution is -2.22. The summed E-state index contributed by atoms with van der Waals surface area (Å²) in [6.07, 6.45) is 1.92. The largest absolute Gasteiger partial charge is 0.497 e. The van der Waals surface area contributed by atoms with Crippen LogP contribution in [0.4, 0.5) is 5.69 Å². The molecule has 120 valence electrons. The smallest absolute Gasteiger partial charge is 0.221 e. The van der Waals surface area contributed by atoms with Crippen LogP contribution in [0.2, 0.25) is 0 Å². The Morgan fingerprint density at radius 1 is 1.30 bits per heavy atom. The second-order valence-corrected chi connectivity index (χ2v) is 5.94. The molecule has 2 aromatic carbocycles. The fourth-order valence-electron chi connectivity index (χ4n) is 2.99. The molecule has 1 aliphatic heterocycles. The van der Waals surface area contributed by atoms with Crippen LogP contribution < -0.4 is 14.8 Å². The average Bonchev–Trinajstić information content (AvgIpc) is 2.54. The number of hydrogen-bond donors (Lipinski definition) is 1. The minimum absolute atomic E-state index is 0.0500. The lowest BCUT2D eigenvalue weighted by atomic mass is 9.91. The van der Waals surface area contributed by atoms with Crippen LogP contribution in [0.1, 0.15) is 18.1 Å². The molecule has 0 radical (unpaired) electrons. The monoisotopic (exact) mass is 311 g/mol. The van der Waals surface area contributed by atoms with Crippen LogP contribution >= 0.6 is 0 Å². The van der Waals surface area contributed by atoms with Gasteiger partial charge in [0.25, 0.3) is 0 Å². The van der Waals surface area contributed by atoms with Gasteiger partial charge >= 0.3 is 0 Å². The molecule has 1 N–H and O–H groups in total. The summed E-state index contributed by atoms with van der Waals surface area (Å²) < 4.78 is 11.1. The van der Waals surface area contributed by atoms with E-state index >= 15 is 0 Å². The first-order valence-corrected chi connectivity index (χ1v) is 7.80. The van der Waals surface area contributed by atoms with Gasteiger partial charge in [-0.3, -0.25) is 4.79 Å². The molecule has 0 unspecified atom stereocenters. The second-order valence-electron chi connectivity index (χ2n) is 5.94. The molecule has 1 atom stereocenters.